The average molecular weight is 570 g/mol. The zero-order chi connectivity index (χ0) is 27.1. The minimum atomic E-state index is -3.48. The van der Waals surface area contributed by atoms with E-state index in [0.29, 0.717) is 49.9 Å². The van der Waals surface area contributed by atoms with Gasteiger partial charge in [0.15, 0.2) is 5.13 Å². The van der Waals surface area contributed by atoms with E-state index in [9.17, 15) is 18.0 Å². The molecule has 2 amide bonds. The van der Waals surface area contributed by atoms with E-state index < -0.39 is 16.0 Å². The number of amides is 2. The molecule has 1 aromatic rings. The fourth-order valence-corrected chi connectivity index (χ4v) is 8.18. The maximum atomic E-state index is 13.5. The third-order valence-corrected chi connectivity index (χ3v) is 11.0. The smallest absolute Gasteiger partial charge is 0.324 e. The zero-order valence-corrected chi connectivity index (χ0v) is 24.4. The van der Waals surface area contributed by atoms with Crippen molar-refractivity contribution in [2.24, 2.45) is 5.92 Å². The van der Waals surface area contributed by atoms with Gasteiger partial charge in [-0.05, 0) is 44.4 Å². The summed E-state index contributed by atoms with van der Waals surface area (Å²) in [5.74, 6) is -0.00336. The lowest BCUT2D eigenvalue weighted by atomic mass is 9.84. The summed E-state index contributed by atoms with van der Waals surface area (Å²) in [7, 11) is -2.22. The van der Waals surface area contributed by atoms with E-state index in [1.54, 1.807) is 0 Å². The van der Waals surface area contributed by atoms with Gasteiger partial charge in [0.05, 0.1) is 19.3 Å². The van der Waals surface area contributed by atoms with E-state index in [-0.39, 0.29) is 18.2 Å². The Morgan fingerprint density at radius 1 is 1.05 bits per heavy atom. The molecule has 1 saturated heterocycles. The standard InChI is InChI=1S/C26H43N5O5S2/c1-20-8-10-22(11-9-20)31(21-6-4-3-5-7-21)26(33)28-25-27-18-23(37-25)19-29-13-15-30(16-14-29)38(34,35)17-12-24(32)36-2/h18,20-22H,3-17,19H2,1-2H3,(H,27,28,33). The Morgan fingerprint density at radius 3 is 2.37 bits per heavy atom. The minimum absolute atomic E-state index is 0.0110. The monoisotopic (exact) mass is 569 g/mol. The van der Waals surface area contributed by atoms with Crippen LogP contribution in [0.1, 0.15) is 76.0 Å². The molecule has 0 unspecified atom stereocenters. The molecule has 38 heavy (non-hydrogen) atoms. The van der Waals surface area contributed by atoms with Crippen LogP contribution in [0.2, 0.25) is 0 Å². The van der Waals surface area contributed by atoms with Crippen LogP contribution in [-0.4, -0.2) is 90.6 Å². The van der Waals surface area contributed by atoms with Gasteiger partial charge in [0, 0.05) is 55.9 Å². The molecular formula is C26H43N5O5S2. The van der Waals surface area contributed by atoms with E-state index in [2.05, 4.69) is 31.8 Å². The van der Waals surface area contributed by atoms with Crippen molar-refractivity contribution in [1.82, 2.24) is 19.1 Å². The first kappa shape index (κ1) is 29.2. The maximum Gasteiger partial charge on any atom is 0.324 e. The van der Waals surface area contributed by atoms with Crippen LogP contribution < -0.4 is 5.32 Å². The second-order valence-corrected chi connectivity index (χ2v) is 14.2. The SMILES string of the molecule is COC(=O)CCS(=O)(=O)N1CCN(Cc2cnc(NC(=O)N(C3CCCCC3)C3CCC(C)CC3)s2)CC1. The molecule has 3 aliphatic rings. The Morgan fingerprint density at radius 2 is 1.71 bits per heavy atom. The van der Waals surface area contributed by atoms with E-state index in [0.717, 1.165) is 36.5 Å². The Balaban J connectivity index is 1.29. The van der Waals surface area contributed by atoms with Crippen LogP contribution in [0, 0.1) is 5.92 Å². The van der Waals surface area contributed by atoms with Gasteiger partial charge < -0.3 is 9.64 Å². The molecule has 12 heteroatoms. The average Bonchev–Trinajstić information content (AvgIpc) is 3.36. The fourth-order valence-electron chi connectivity index (χ4n) is 5.93. The summed E-state index contributed by atoms with van der Waals surface area (Å²) in [6.45, 7) is 4.96. The van der Waals surface area contributed by atoms with Gasteiger partial charge in [0.2, 0.25) is 10.0 Å². The molecule has 1 aliphatic heterocycles. The number of piperazine rings is 1. The number of hydrogen-bond donors (Lipinski definition) is 1. The van der Waals surface area contributed by atoms with Crippen LogP contribution in [-0.2, 0) is 26.1 Å². The van der Waals surface area contributed by atoms with Gasteiger partial charge in [-0.2, -0.15) is 4.31 Å². The Bertz CT molecular complexity index is 1030. The number of anilines is 1. The normalized spacial score (nSPS) is 24.2. The minimum Gasteiger partial charge on any atom is -0.469 e. The second kappa shape index (κ2) is 13.5. The summed E-state index contributed by atoms with van der Waals surface area (Å²) in [4.78, 5) is 34.7. The van der Waals surface area contributed by atoms with Crippen molar-refractivity contribution in [3.63, 3.8) is 0 Å². The number of aromatic nitrogens is 1. The first-order chi connectivity index (χ1) is 18.2. The number of rotatable bonds is 9. The molecule has 0 atom stereocenters. The molecule has 1 N–H and O–H groups in total. The molecule has 0 bridgehead atoms. The molecule has 2 saturated carbocycles. The molecule has 0 spiro atoms. The molecule has 4 rings (SSSR count). The third-order valence-electron chi connectivity index (χ3n) is 8.24. The number of esters is 1. The number of urea groups is 1. The van der Waals surface area contributed by atoms with Crippen LogP contribution in [0.3, 0.4) is 0 Å². The number of carbonyl (C=O) groups is 2. The van der Waals surface area contributed by atoms with Crippen LogP contribution in [0.25, 0.3) is 0 Å². The Kier molecular flexibility index (Phi) is 10.4. The fraction of sp³-hybridized carbons (Fsp3) is 0.808. The van der Waals surface area contributed by atoms with Crippen molar-refractivity contribution in [2.75, 3.05) is 44.4 Å². The summed E-state index contributed by atoms with van der Waals surface area (Å²) < 4.78 is 31.1. The van der Waals surface area contributed by atoms with Crippen molar-refractivity contribution in [2.45, 2.75) is 89.8 Å². The Hall–Kier alpha value is -1.76. The molecule has 3 fully saturated rings. The van der Waals surface area contributed by atoms with Gasteiger partial charge in [-0.1, -0.05) is 26.2 Å². The van der Waals surface area contributed by atoms with Crippen LogP contribution in [0.15, 0.2) is 6.20 Å². The van der Waals surface area contributed by atoms with Gasteiger partial charge in [-0.25, -0.2) is 18.2 Å². The van der Waals surface area contributed by atoms with E-state index in [1.807, 2.05) is 6.20 Å². The lowest BCUT2D eigenvalue weighted by Gasteiger charge is -2.42. The van der Waals surface area contributed by atoms with Crippen molar-refractivity contribution in [1.29, 1.82) is 0 Å². The summed E-state index contributed by atoms with van der Waals surface area (Å²) >= 11 is 1.49. The van der Waals surface area contributed by atoms with Gasteiger partial charge in [-0.3, -0.25) is 15.0 Å². The lowest BCUT2D eigenvalue weighted by molar-refractivity contribution is -0.140. The summed E-state index contributed by atoms with van der Waals surface area (Å²) in [6.07, 6.45) is 12.0. The number of nitrogens with zero attached hydrogens (tertiary/aromatic N) is 4. The maximum absolute atomic E-state index is 13.5. The number of ether oxygens (including phenoxy) is 1. The molecular weight excluding hydrogens is 526 g/mol. The summed E-state index contributed by atoms with van der Waals surface area (Å²) in [5, 5.41) is 3.74. The summed E-state index contributed by atoms with van der Waals surface area (Å²) in [6, 6.07) is 0.624. The van der Waals surface area contributed by atoms with Crippen LogP contribution >= 0.6 is 11.3 Å². The van der Waals surface area contributed by atoms with Gasteiger partial charge >= 0.3 is 12.0 Å². The van der Waals surface area contributed by atoms with Gasteiger partial charge in [0.25, 0.3) is 0 Å². The molecule has 0 aromatic carbocycles. The van der Waals surface area contributed by atoms with Crippen LogP contribution in [0.5, 0.6) is 0 Å². The molecule has 10 nitrogen and oxygen atoms in total. The number of methoxy groups -OCH3 is 1. The molecule has 0 radical (unpaired) electrons. The van der Waals surface area contributed by atoms with E-state index in [4.69, 9.17) is 0 Å². The highest BCUT2D eigenvalue weighted by molar-refractivity contribution is 7.89. The molecule has 2 aliphatic carbocycles. The molecule has 1 aromatic heterocycles. The molecule has 214 valence electrons. The van der Waals surface area contributed by atoms with Crippen molar-refractivity contribution < 1.29 is 22.7 Å². The zero-order valence-electron chi connectivity index (χ0n) is 22.8. The van der Waals surface area contributed by atoms with Crippen LogP contribution in [0.4, 0.5) is 9.93 Å². The summed E-state index contributed by atoms with van der Waals surface area (Å²) in [5.41, 5.74) is 0. The first-order valence-electron chi connectivity index (χ1n) is 14.1. The highest BCUT2D eigenvalue weighted by Gasteiger charge is 2.34. The topological polar surface area (TPSA) is 112 Å². The largest absolute Gasteiger partial charge is 0.469 e. The Labute approximate surface area is 231 Å². The number of carbonyl (C=O) groups excluding carboxylic acids is 2. The number of thiazole rings is 1. The van der Waals surface area contributed by atoms with Crippen molar-refractivity contribution in [3.05, 3.63) is 11.1 Å². The van der Waals surface area contributed by atoms with Crippen molar-refractivity contribution >= 4 is 38.5 Å². The predicted octanol–water partition coefficient (Wildman–Crippen LogP) is 3.90. The van der Waals surface area contributed by atoms with E-state index in [1.165, 1.54) is 54.9 Å². The van der Waals surface area contributed by atoms with Crippen molar-refractivity contribution in [3.8, 4) is 0 Å². The highest BCUT2D eigenvalue weighted by Crippen LogP contribution is 2.33. The quantitative estimate of drug-likeness (QED) is 0.449. The molecule has 2 heterocycles. The van der Waals surface area contributed by atoms with Gasteiger partial charge in [-0.15, -0.1) is 11.3 Å². The predicted molar refractivity (Wildman–Crippen MR) is 149 cm³/mol. The lowest BCUT2D eigenvalue weighted by Crippen LogP contribution is -2.51. The second-order valence-electron chi connectivity index (χ2n) is 11.0. The number of hydrogen-bond acceptors (Lipinski definition) is 8. The highest BCUT2D eigenvalue weighted by atomic mass is 32.2. The van der Waals surface area contributed by atoms with Gasteiger partial charge in [0.1, 0.15) is 0 Å². The first-order valence-corrected chi connectivity index (χ1v) is 16.5. The third kappa shape index (κ3) is 7.89. The number of nitrogens with one attached hydrogen (secondary N) is 1. The number of sulfonamides is 1. The van der Waals surface area contributed by atoms with E-state index >= 15 is 0 Å².